The van der Waals surface area contributed by atoms with E-state index >= 15 is 0 Å². The summed E-state index contributed by atoms with van der Waals surface area (Å²) in [6.07, 6.45) is 9.13. The highest BCUT2D eigenvalue weighted by molar-refractivity contribution is 6.03. The molecule has 0 saturated heterocycles. The van der Waals surface area contributed by atoms with E-state index < -0.39 is 0 Å². The normalized spacial score (nSPS) is 30.7. The summed E-state index contributed by atoms with van der Waals surface area (Å²) in [6.45, 7) is 4.45. The van der Waals surface area contributed by atoms with Crippen LogP contribution in [0.3, 0.4) is 0 Å². The van der Waals surface area contributed by atoms with E-state index in [-0.39, 0.29) is 5.41 Å². The number of fused-ring (bicyclic) bond motifs is 6. The molecular weight excluding hydrogens is 292 g/mol. The molecule has 1 spiro atoms. The molecule has 0 N–H and O–H groups in total. The van der Waals surface area contributed by atoms with Crippen LogP contribution in [0, 0.1) is 11.8 Å². The molecule has 3 aliphatic carbocycles. The van der Waals surface area contributed by atoms with Gasteiger partial charge in [-0.2, -0.15) is 0 Å². The molecule has 1 heteroatoms. The van der Waals surface area contributed by atoms with Crippen molar-refractivity contribution in [2.24, 2.45) is 11.8 Å². The molecule has 5 rings (SSSR count). The van der Waals surface area contributed by atoms with Crippen LogP contribution >= 0.6 is 0 Å². The molecule has 0 aliphatic heterocycles. The van der Waals surface area contributed by atoms with Crippen molar-refractivity contribution in [3.63, 3.8) is 0 Å². The molecule has 1 saturated carbocycles. The fraction of sp³-hybridized carbons (Fsp3) is 0.435. The van der Waals surface area contributed by atoms with E-state index in [0.717, 1.165) is 24.3 Å². The fourth-order valence-corrected chi connectivity index (χ4v) is 5.48. The van der Waals surface area contributed by atoms with Gasteiger partial charge in [0.25, 0.3) is 0 Å². The van der Waals surface area contributed by atoms with E-state index in [1.807, 2.05) is 0 Å². The molecule has 2 aromatic carbocycles. The SMILES string of the molecule is CC(C)c1ccc2cc3c(cc2c1)C(=O)CCC31CC2C=CC1C2. The van der Waals surface area contributed by atoms with Gasteiger partial charge < -0.3 is 0 Å². The van der Waals surface area contributed by atoms with Crippen molar-refractivity contribution < 1.29 is 4.79 Å². The Kier molecular flexibility index (Phi) is 2.90. The van der Waals surface area contributed by atoms with Crippen LogP contribution < -0.4 is 0 Å². The predicted molar refractivity (Wildman–Crippen MR) is 98.6 cm³/mol. The molecule has 2 bridgehead atoms. The monoisotopic (exact) mass is 316 g/mol. The molecule has 0 radical (unpaired) electrons. The molecule has 0 amide bonds. The van der Waals surface area contributed by atoms with E-state index in [1.165, 1.54) is 34.7 Å². The zero-order chi connectivity index (χ0) is 16.5. The first-order valence-electron chi connectivity index (χ1n) is 9.36. The maximum atomic E-state index is 12.7. The second-order valence-electron chi connectivity index (χ2n) is 8.43. The molecule has 3 unspecified atom stereocenters. The highest BCUT2D eigenvalue weighted by Gasteiger charge is 2.52. The van der Waals surface area contributed by atoms with Crippen LogP contribution in [0.15, 0.2) is 42.5 Å². The van der Waals surface area contributed by atoms with Gasteiger partial charge in [-0.25, -0.2) is 0 Å². The second kappa shape index (κ2) is 4.81. The van der Waals surface area contributed by atoms with Crippen LogP contribution in [0.2, 0.25) is 0 Å². The number of rotatable bonds is 1. The Hall–Kier alpha value is -1.89. The Morgan fingerprint density at radius 2 is 1.96 bits per heavy atom. The lowest BCUT2D eigenvalue weighted by molar-refractivity contribution is 0.0944. The van der Waals surface area contributed by atoms with Crippen LogP contribution in [-0.4, -0.2) is 5.78 Å². The van der Waals surface area contributed by atoms with Gasteiger partial charge in [-0.3, -0.25) is 4.79 Å². The van der Waals surface area contributed by atoms with Gasteiger partial charge >= 0.3 is 0 Å². The van der Waals surface area contributed by atoms with Crippen LogP contribution in [0.5, 0.6) is 0 Å². The zero-order valence-electron chi connectivity index (χ0n) is 14.5. The van der Waals surface area contributed by atoms with Gasteiger partial charge in [-0.1, -0.05) is 44.2 Å². The molecule has 2 aromatic rings. The second-order valence-corrected chi connectivity index (χ2v) is 8.43. The smallest absolute Gasteiger partial charge is 0.163 e. The third kappa shape index (κ3) is 1.84. The molecule has 24 heavy (non-hydrogen) atoms. The van der Waals surface area contributed by atoms with Crippen molar-refractivity contribution >= 4 is 16.6 Å². The number of allylic oxidation sites excluding steroid dienone is 2. The van der Waals surface area contributed by atoms with E-state index in [4.69, 9.17) is 0 Å². The highest BCUT2D eigenvalue weighted by Crippen LogP contribution is 2.58. The molecule has 3 aliphatic rings. The maximum absolute atomic E-state index is 12.7. The van der Waals surface area contributed by atoms with Crippen molar-refractivity contribution in [3.05, 3.63) is 59.2 Å². The molecule has 122 valence electrons. The third-order valence-electron chi connectivity index (χ3n) is 6.81. The minimum atomic E-state index is 0.230. The van der Waals surface area contributed by atoms with Gasteiger partial charge in [0.15, 0.2) is 5.78 Å². The topological polar surface area (TPSA) is 17.1 Å². The summed E-state index contributed by atoms with van der Waals surface area (Å²) in [5, 5.41) is 2.52. The Morgan fingerprint density at radius 3 is 2.67 bits per heavy atom. The predicted octanol–water partition coefficient (Wildman–Crippen LogP) is 5.77. The van der Waals surface area contributed by atoms with Crippen LogP contribution in [0.4, 0.5) is 0 Å². The molecule has 0 heterocycles. The minimum Gasteiger partial charge on any atom is -0.294 e. The zero-order valence-corrected chi connectivity index (χ0v) is 14.5. The number of hydrogen-bond donors (Lipinski definition) is 0. The number of benzene rings is 2. The van der Waals surface area contributed by atoms with Crippen LogP contribution in [0.1, 0.15) is 66.9 Å². The fourth-order valence-electron chi connectivity index (χ4n) is 5.48. The Labute approximate surface area is 143 Å². The third-order valence-corrected chi connectivity index (χ3v) is 6.81. The molecule has 3 atom stereocenters. The first-order chi connectivity index (χ1) is 11.6. The first-order valence-corrected chi connectivity index (χ1v) is 9.36. The maximum Gasteiger partial charge on any atom is 0.163 e. The van der Waals surface area contributed by atoms with Crippen molar-refractivity contribution in [1.29, 1.82) is 0 Å². The number of carbonyl (C=O) groups excluding carboxylic acids is 1. The summed E-state index contributed by atoms with van der Waals surface area (Å²) >= 11 is 0. The number of hydrogen-bond acceptors (Lipinski definition) is 1. The van der Waals surface area contributed by atoms with Gasteiger partial charge in [0.05, 0.1) is 0 Å². The van der Waals surface area contributed by atoms with Crippen molar-refractivity contribution in [3.8, 4) is 0 Å². The van der Waals surface area contributed by atoms with E-state index in [0.29, 0.717) is 17.6 Å². The molecule has 1 fully saturated rings. The Morgan fingerprint density at radius 1 is 1.08 bits per heavy atom. The summed E-state index contributed by atoms with van der Waals surface area (Å²) in [6, 6.07) is 11.3. The molecular formula is C23H24O. The van der Waals surface area contributed by atoms with E-state index in [1.54, 1.807) is 0 Å². The largest absolute Gasteiger partial charge is 0.294 e. The quantitative estimate of drug-likeness (QED) is 0.610. The molecule has 0 aromatic heterocycles. The average molecular weight is 316 g/mol. The van der Waals surface area contributed by atoms with Gasteiger partial charge in [-0.05, 0) is 71.0 Å². The number of Topliss-reactive ketones (excluding diaryl/α,β-unsaturated/α-hetero) is 1. The minimum absolute atomic E-state index is 0.230. The van der Waals surface area contributed by atoms with Gasteiger partial charge in [-0.15, -0.1) is 0 Å². The number of carbonyl (C=O) groups is 1. The van der Waals surface area contributed by atoms with Crippen LogP contribution in [-0.2, 0) is 5.41 Å². The van der Waals surface area contributed by atoms with Gasteiger partial charge in [0.2, 0.25) is 0 Å². The summed E-state index contributed by atoms with van der Waals surface area (Å²) in [5.41, 5.74) is 3.94. The van der Waals surface area contributed by atoms with Gasteiger partial charge in [0.1, 0.15) is 0 Å². The Balaban J connectivity index is 1.73. The lowest BCUT2D eigenvalue weighted by Gasteiger charge is -2.40. The summed E-state index contributed by atoms with van der Waals surface area (Å²) in [4.78, 5) is 12.7. The lowest BCUT2D eigenvalue weighted by atomic mass is 9.62. The lowest BCUT2D eigenvalue weighted by Crippen LogP contribution is -2.36. The standard InChI is InChI=1S/C23H24O/c1-14(2)16-4-5-17-12-21-20(11-18(17)10-16)22(24)7-8-23(21)13-15-3-6-19(23)9-15/h3-6,10-12,14-15,19H,7-9,13H2,1-2H3. The van der Waals surface area contributed by atoms with Crippen molar-refractivity contribution in [2.45, 2.75) is 50.9 Å². The molecule has 1 nitrogen and oxygen atoms in total. The number of ketones is 1. The summed E-state index contributed by atoms with van der Waals surface area (Å²) < 4.78 is 0. The van der Waals surface area contributed by atoms with Crippen molar-refractivity contribution in [2.75, 3.05) is 0 Å². The van der Waals surface area contributed by atoms with Crippen LogP contribution in [0.25, 0.3) is 10.8 Å². The van der Waals surface area contributed by atoms with Gasteiger partial charge in [0, 0.05) is 17.4 Å². The highest BCUT2D eigenvalue weighted by atomic mass is 16.1. The van der Waals surface area contributed by atoms with Crippen molar-refractivity contribution in [1.82, 2.24) is 0 Å². The average Bonchev–Trinajstić information content (AvgIpc) is 3.18. The van der Waals surface area contributed by atoms with E-state index in [2.05, 4.69) is 56.3 Å². The van der Waals surface area contributed by atoms with E-state index in [9.17, 15) is 4.79 Å². The first kappa shape index (κ1) is 14.5. The summed E-state index contributed by atoms with van der Waals surface area (Å²) in [5.74, 6) is 2.24. The Bertz CT molecular complexity index is 888. The summed E-state index contributed by atoms with van der Waals surface area (Å²) in [7, 11) is 0.